The average Bonchev–Trinajstić information content (AvgIpc) is 2.47. The van der Waals surface area contributed by atoms with Crippen molar-refractivity contribution in [3.8, 4) is 0 Å². The molecule has 1 heterocycles. The number of hydrazine groups is 1. The third kappa shape index (κ3) is 2.39. The molecule has 0 unspecified atom stereocenters. The molecule has 1 aliphatic rings. The predicted molar refractivity (Wildman–Crippen MR) is 72.3 cm³/mol. The highest BCUT2D eigenvalue weighted by Crippen LogP contribution is 2.35. The number of nitrogens with one attached hydrogen (secondary N) is 1. The fraction of sp³-hybridized carbons (Fsp3) is 0.462. The summed E-state index contributed by atoms with van der Waals surface area (Å²) in [6.07, 6.45) is 3.38. The van der Waals surface area contributed by atoms with Crippen LogP contribution in [0.4, 0.5) is 0 Å². The Labute approximate surface area is 111 Å². The summed E-state index contributed by atoms with van der Waals surface area (Å²) in [5.41, 5.74) is 2.79. The molecular formula is C13H18N2O2S. The molecule has 1 aromatic carbocycles. The minimum absolute atomic E-state index is 0.122. The van der Waals surface area contributed by atoms with E-state index < -0.39 is 5.41 Å². The first kappa shape index (κ1) is 13.4. The van der Waals surface area contributed by atoms with Gasteiger partial charge in [0.2, 0.25) is 5.91 Å². The fourth-order valence-electron chi connectivity index (χ4n) is 2.41. The Morgan fingerprint density at radius 3 is 2.44 bits per heavy atom. The number of benzene rings is 1. The molecule has 1 fully saturated rings. The van der Waals surface area contributed by atoms with E-state index in [1.807, 2.05) is 30.5 Å². The summed E-state index contributed by atoms with van der Waals surface area (Å²) in [5.74, 6) is 5.21. The first-order valence-corrected chi connectivity index (χ1v) is 7.19. The topological polar surface area (TPSA) is 64.4 Å². The minimum Gasteiger partial charge on any atom is -0.381 e. The number of nitrogens with two attached hydrogens (primary N) is 1. The Morgan fingerprint density at radius 2 is 1.94 bits per heavy atom. The lowest BCUT2D eigenvalue weighted by molar-refractivity contribution is -0.130. The molecule has 1 saturated heterocycles. The van der Waals surface area contributed by atoms with Gasteiger partial charge in [0, 0.05) is 18.1 Å². The Bertz CT molecular complexity index is 414. The molecule has 0 atom stereocenters. The van der Waals surface area contributed by atoms with Gasteiger partial charge in [-0.25, -0.2) is 5.84 Å². The van der Waals surface area contributed by atoms with Gasteiger partial charge in [0.25, 0.3) is 0 Å². The molecule has 4 nitrogen and oxygen atoms in total. The van der Waals surface area contributed by atoms with Crippen LogP contribution in [-0.2, 0) is 14.9 Å². The van der Waals surface area contributed by atoms with E-state index in [1.54, 1.807) is 11.8 Å². The molecule has 0 bridgehead atoms. The molecule has 98 valence electrons. The van der Waals surface area contributed by atoms with Gasteiger partial charge in [-0.15, -0.1) is 11.8 Å². The normalized spacial score (nSPS) is 18.3. The molecule has 2 rings (SSSR count). The van der Waals surface area contributed by atoms with Crippen molar-refractivity contribution >= 4 is 17.7 Å². The smallest absolute Gasteiger partial charge is 0.244 e. The third-order valence-electron chi connectivity index (χ3n) is 3.55. The van der Waals surface area contributed by atoms with Crippen molar-refractivity contribution in [2.24, 2.45) is 5.84 Å². The van der Waals surface area contributed by atoms with Gasteiger partial charge in [-0.05, 0) is 36.8 Å². The first-order valence-electron chi connectivity index (χ1n) is 5.96. The van der Waals surface area contributed by atoms with Gasteiger partial charge in [0.05, 0.1) is 5.41 Å². The summed E-state index contributed by atoms with van der Waals surface area (Å²) in [7, 11) is 0. The molecule has 0 radical (unpaired) electrons. The maximum Gasteiger partial charge on any atom is 0.244 e. The van der Waals surface area contributed by atoms with E-state index in [0.29, 0.717) is 26.1 Å². The largest absolute Gasteiger partial charge is 0.381 e. The van der Waals surface area contributed by atoms with E-state index in [2.05, 4.69) is 5.43 Å². The van der Waals surface area contributed by atoms with Gasteiger partial charge in [-0.3, -0.25) is 10.2 Å². The van der Waals surface area contributed by atoms with Crippen molar-refractivity contribution in [1.82, 2.24) is 5.43 Å². The summed E-state index contributed by atoms with van der Waals surface area (Å²) in [6.45, 7) is 1.19. The van der Waals surface area contributed by atoms with Gasteiger partial charge in [-0.2, -0.15) is 0 Å². The van der Waals surface area contributed by atoms with Crippen LogP contribution in [0.5, 0.6) is 0 Å². The van der Waals surface area contributed by atoms with E-state index in [-0.39, 0.29) is 5.91 Å². The number of hydrogen-bond acceptors (Lipinski definition) is 4. The highest BCUT2D eigenvalue weighted by Gasteiger charge is 2.41. The van der Waals surface area contributed by atoms with Crippen molar-refractivity contribution in [1.29, 1.82) is 0 Å². The predicted octanol–water partition coefficient (Wildman–Crippen LogP) is 1.45. The highest BCUT2D eigenvalue weighted by molar-refractivity contribution is 7.98. The number of hydrogen-bond donors (Lipinski definition) is 2. The molecule has 0 aromatic heterocycles. The monoisotopic (exact) mass is 266 g/mol. The molecule has 0 spiro atoms. The van der Waals surface area contributed by atoms with Gasteiger partial charge in [0.15, 0.2) is 0 Å². The quantitative estimate of drug-likeness (QED) is 0.376. The number of rotatable bonds is 3. The van der Waals surface area contributed by atoms with Crippen molar-refractivity contribution in [2.45, 2.75) is 23.2 Å². The Hall–Kier alpha value is -1.04. The lowest BCUT2D eigenvalue weighted by Crippen LogP contribution is -2.50. The van der Waals surface area contributed by atoms with Gasteiger partial charge in [0.1, 0.15) is 0 Å². The number of thioether (sulfide) groups is 1. The van der Waals surface area contributed by atoms with Crippen LogP contribution in [-0.4, -0.2) is 25.4 Å². The van der Waals surface area contributed by atoms with E-state index in [1.165, 1.54) is 4.90 Å². The van der Waals surface area contributed by atoms with Crippen LogP contribution in [0.25, 0.3) is 0 Å². The average molecular weight is 266 g/mol. The number of amides is 1. The standard InChI is InChI=1S/C13H18N2O2S/c1-18-11-4-2-10(3-5-11)13(12(16)15-14)6-8-17-9-7-13/h2-5H,6-9,14H2,1H3,(H,15,16). The maximum absolute atomic E-state index is 12.1. The molecule has 1 aliphatic heterocycles. The summed E-state index contributed by atoms with van der Waals surface area (Å²) in [5, 5.41) is 0. The van der Waals surface area contributed by atoms with Gasteiger partial charge < -0.3 is 4.74 Å². The van der Waals surface area contributed by atoms with Crippen LogP contribution in [0.1, 0.15) is 18.4 Å². The Balaban J connectivity index is 2.35. The number of ether oxygens (including phenoxy) is 1. The molecule has 0 saturated carbocycles. The summed E-state index contributed by atoms with van der Waals surface area (Å²) < 4.78 is 5.36. The molecule has 5 heteroatoms. The zero-order chi connectivity index (χ0) is 13.0. The summed E-state index contributed by atoms with van der Waals surface area (Å²) in [6, 6.07) is 8.13. The second-order valence-electron chi connectivity index (χ2n) is 4.40. The van der Waals surface area contributed by atoms with Crippen LogP contribution in [0.3, 0.4) is 0 Å². The second-order valence-corrected chi connectivity index (χ2v) is 5.28. The molecule has 0 aliphatic carbocycles. The van der Waals surface area contributed by atoms with E-state index in [0.717, 1.165) is 5.56 Å². The van der Waals surface area contributed by atoms with Crippen LogP contribution in [0, 0.1) is 0 Å². The minimum atomic E-state index is -0.538. The van der Waals surface area contributed by atoms with E-state index in [4.69, 9.17) is 10.6 Å². The number of carbonyl (C=O) groups excluding carboxylic acids is 1. The van der Waals surface area contributed by atoms with Crippen LogP contribution >= 0.6 is 11.8 Å². The van der Waals surface area contributed by atoms with Crippen molar-refractivity contribution in [2.75, 3.05) is 19.5 Å². The lowest BCUT2D eigenvalue weighted by atomic mass is 9.73. The lowest BCUT2D eigenvalue weighted by Gasteiger charge is -2.35. The highest BCUT2D eigenvalue weighted by atomic mass is 32.2. The fourth-order valence-corrected chi connectivity index (χ4v) is 2.82. The summed E-state index contributed by atoms with van der Waals surface area (Å²) in [4.78, 5) is 13.3. The van der Waals surface area contributed by atoms with E-state index in [9.17, 15) is 4.79 Å². The van der Waals surface area contributed by atoms with Crippen molar-refractivity contribution in [3.63, 3.8) is 0 Å². The molecule has 1 aromatic rings. The SMILES string of the molecule is CSc1ccc(C2(C(=O)NN)CCOCC2)cc1. The number of carbonyl (C=O) groups is 1. The van der Waals surface area contributed by atoms with Crippen molar-refractivity contribution in [3.05, 3.63) is 29.8 Å². The first-order chi connectivity index (χ1) is 8.73. The van der Waals surface area contributed by atoms with Crippen molar-refractivity contribution < 1.29 is 9.53 Å². The molecule has 3 N–H and O–H groups in total. The van der Waals surface area contributed by atoms with Gasteiger partial charge in [-0.1, -0.05) is 12.1 Å². The molecule has 18 heavy (non-hydrogen) atoms. The zero-order valence-corrected chi connectivity index (χ0v) is 11.3. The Morgan fingerprint density at radius 1 is 1.33 bits per heavy atom. The van der Waals surface area contributed by atoms with Crippen LogP contribution < -0.4 is 11.3 Å². The molecule has 1 amide bonds. The summed E-state index contributed by atoms with van der Waals surface area (Å²) >= 11 is 1.69. The van der Waals surface area contributed by atoms with Crippen LogP contribution in [0.15, 0.2) is 29.2 Å². The maximum atomic E-state index is 12.1. The third-order valence-corrected chi connectivity index (χ3v) is 4.30. The molecular weight excluding hydrogens is 248 g/mol. The Kier molecular flexibility index (Phi) is 4.27. The second kappa shape index (κ2) is 5.73. The van der Waals surface area contributed by atoms with Crippen LogP contribution in [0.2, 0.25) is 0 Å². The zero-order valence-electron chi connectivity index (χ0n) is 10.4. The van der Waals surface area contributed by atoms with E-state index >= 15 is 0 Å². The van der Waals surface area contributed by atoms with Gasteiger partial charge >= 0.3 is 0 Å².